The number of hydrogen-bond donors (Lipinski definition) is 2. The lowest BCUT2D eigenvalue weighted by Crippen LogP contribution is -2.10. The van der Waals surface area contributed by atoms with E-state index in [0.29, 0.717) is 5.69 Å². The predicted octanol–water partition coefficient (Wildman–Crippen LogP) is 1.23. The van der Waals surface area contributed by atoms with E-state index in [2.05, 4.69) is 0 Å². The molecule has 0 atom stereocenters. The Labute approximate surface area is 81.3 Å². The summed E-state index contributed by atoms with van der Waals surface area (Å²) in [6.45, 7) is 1.77. The summed E-state index contributed by atoms with van der Waals surface area (Å²) in [5.74, 6) is -1.60. The highest BCUT2D eigenvalue weighted by atomic mass is 16.4. The van der Waals surface area contributed by atoms with Crippen molar-refractivity contribution in [2.24, 2.45) is 0 Å². The Hall–Kier alpha value is -1.84. The summed E-state index contributed by atoms with van der Waals surface area (Å²) in [6.07, 6.45) is -0.520. The van der Waals surface area contributed by atoms with Gasteiger partial charge in [-0.25, -0.2) is 0 Å². The average Bonchev–Trinajstić information content (AvgIpc) is 2.08. The smallest absolute Gasteiger partial charge is 0.311 e. The van der Waals surface area contributed by atoms with Gasteiger partial charge in [0.1, 0.15) is 6.42 Å². The third kappa shape index (κ3) is 2.10. The van der Waals surface area contributed by atoms with Crippen LogP contribution in [0.25, 0.3) is 0 Å². The standard InChI is InChI=1S/C10H11NO3/c1-6-3-2-4-7(10(6)11)8(12)5-9(13)14/h2-4H,5,11H2,1H3,(H,13,14). The van der Waals surface area contributed by atoms with Crippen LogP contribution in [0.3, 0.4) is 0 Å². The van der Waals surface area contributed by atoms with E-state index in [1.807, 2.05) is 0 Å². The number of carbonyl (C=O) groups is 2. The summed E-state index contributed by atoms with van der Waals surface area (Å²) in [7, 11) is 0. The Morgan fingerprint density at radius 3 is 2.64 bits per heavy atom. The highest BCUT2D eigenvalue weighted by Gasteiger charge is 2.13. The molecule has 0 aliphatic heterocycles. The molecule has 0 spiro atoms. The van der Waals surface area contributed by atoms with E-state index in [9.17, 15) is 9.59 Å². The fraction of sp³-hybridized carbons (Fsp3) is 0.200. The van der Waals surface area contributed by atoms with Gasteiger partial charge in [0.25, 0.3) is 0 Å². The number of anilines is 1. The number of Topliss-reactive ketones (excluding diaryl/α,β-unsaturated/α-hetero) is 1. The number of ketones is 1. The van der Waals surface area contributed by atoms with Crippen molar-refractivity contribution in [1.82, 2.24) is 0 Å². The van der Waals surface area contributed by atoms with Crippen LogP contribution in [-0.4, -0.2) is 16.9 Å². The van der Waals surface area contributed by atoms with Gasteiger partial charge in [-0.3, -0.25) is 9.59 Å². The molecule has 0 aliphatic carbocycles. The molecule has 0 amide bonds. The Kier molecular flexibility index (Phi) is 2.86. The molecule has 1 rings (SSSR count). The molecule has 74 valence electrons. The van der Waals surface area contributed by atoms with Gasteiger partial charge in [-0.15, -0.1) is 0 Å². The molecule has 0 fully saturated rings. The zero-order valence-corrected chi connectivity index (χ0v) is 7.78. The number of aliphatic carboxylic acids is 1. The molecule has 0 saturated carbocycles. The highest BCUT2D eigenvalue weighted by Crippen LogP contribution is 2.17. The fourth-order valence-electron chi connectivity index (χ4n) is 1.16. The van der Waals surface area contributed by atoms with E-state index in [1.165, 1.54) is 6.07 Å². The average molecular weight is 193 g/mol. The summed E-state index contributed by atoms with van der Waals surface area (Å²) < 4.78 is 0. The minimum atomic E-state index is -1.14. The van der Waals surface area contributed by atoms with Crippen molar-refractivity contribution in [3.05, 3.63) is 29.3 Å². The number of benzene rings is 1. The van der Waals surface area contributed by atoms with Gasteiger partial charge in [-0.2, -0.15) is 0 Å². The van der Waals surface area contributed by atoms with Crippen LogP contribution in [0.5, 0.6) is 0 Å². The number of carboxylic acid groups (broad SMARTS) is 1. The molecular formula is C10H11NO3. The Bertz CT molecular complexity index is 385. The quantitative estimate of drug-likeness (QED) is 0.430. The molecule has 4 nitrogen and oxygen atoms in total. The molecule has 0 unspecified atom stereocenters. The van der Waals surface area contributed by atoms with Crippen molar-refractivity contribution in [3.8, 4) is 0 Å². The lowest BCUT2D eigenvalue weighted by molar-refractivity contribution is -0.135. The van der Waals surface area contributed by atoms with Crippen LogP contribution in [-0.2, 0) is 4.79 Å². The van der Waals surface area contributed by atoms with Gasteiger partial charge >= 0.3 is 5.97 Å². The molecule has 1 aromatic carbocycles. The number of aryl methyl sites for hydroxylation is 1. The summed E-state index contributed by atoms with van der Waals surface area (Å²) in [6, 6.07) is 4.99. The second-order valence-electron chi connectivity index (χ2n) is 3.03. The van der Waals surface area contributed by atoms with Gasteiger partial charge in [0.2, 0.25) is 0 Å². The summed E-state index contributed by atoms with van der Waals surface area (Å²) >= 11 is 0. The van der Waals surface area contributed by atoms with Crippen molar-refractivity contribution in [2.45, 2.75) is 13.3 Å². The van der Waals surface area contributed by atoms with Gasteiger partial charge < -0.3 is 10.8 Å². The fourth-order valence-corrected chi connectivity index (χ4v) is 1.16. The Morgan fingerprint density at radius 2 is 2.07 bits per heavy atom. The van der Waals surface area contributed by atoms with Gasteiger partial charge in [0, 0.05) is 11.3 Å². The van der Waals surface area contributed by atoms with Crippen molar-refractivity contribution in [3.63, 3.8) is 0 Å². The first-order valence-corrected chi connectivity index (χ1v) is 4.12. The maximum absolute atomic E-state index is 11.4. The lowest BCUT2D eigenvalue weighted by Gasteiger charge is -2.05. The van der Waals surface area contributed by atoms with Crippen LogP contribution in [0.15, 0.2) is 18.2 Å². The zero-order chi connectivity index (χ0) is 10.7. The van der Waals surface area contributed by atoms with E-state index in [0.717, 1.165) is 5.56 Å². The van der Waals surface area contributed by atoms with Crippen molar-refractivity contribution in [1.29, 1.82) is 0 Å². The van der Waals surface area contributed by atoms with Gasteiger partial charge in [0.05, 0.1) is 0 Å². The van der Waals surface area contributed by atoms with Crippen molar-refractivity contribution in [2.75, 3.05) is 5.73 Å². The number of nitrogens with two attached hydrogens (primary N) is 1. The summed E-state index contributed by atoms with van der Waals surface area (Å²) in [5, 5.41) is 8.44. The SMILES string of the molecule is Cc1cccc(C(=O)CC(=O)O)c1N. The van der Waals surface area contributed by atoms with Gasteiger partial charge in [-0.1, -0.05) is 12.1 Å². The molecule has 0 aliphatic rings. The normalized spacial score (nSPS) is 9.79. The van der Waals surface area contributed by atoms with Crippen LogP contribution in [0.1, 0.15) is 22.3 Å². The molecular weight excluding hydrogens is 182 g/mol. The van der Waals surface area contributed by atoms with Crippen molar-refractivity contribution < 1.29 is 14.7 Å². The molecule has 0 radical (unpaired) electrons. The maximum Gasteiger partial charge on any atom is 0.311 e. The Morgan fingerprint density at radius 1 is 1.43 bits per heavy atom. The third-order valence-corrected chi connectivity index (χ3v) is 1.94. The van der Waals surface area contributed by atoms with Gasteiger partial charge in [-0.05, 0) is 18.6 Å². The van der Waals surface area contributed by atoms with E-state index in [1.54, 1.807) is 19.1 Å². The molecule has 3 N–H and O–H groups in total. The molecule has 0 saturated heterocycles. The lowest BCUT2D eigenvalue weighted by atomic mass is 10.0. The summed E-state index contributed by atoms with van der Waals surface area (Å²) in [4.78, 5) is 21.7. The maximum atomic E-state index is 11.4. The predicted molar refractivity (Wildman–Crippen MR) is 52.2 cm³/mol. The second kappa shape index (κ2) is 3.91. The number of hydrogen-bond acceptors (Lipinski definition) is 3. The third-order valence-electron chi connectivity index (χ3n) is 1.94. The molecule has 0 heterocycles. The van der Waals surface area contributed by atoms with E-state index >= 15 is 0 Å². The topological polar surface area (TPSA) is 80.4 Å². The van der Waals surface area contributed by atoms with Crippen LogP contribution in [0.4, 0.5) is 5.69 Å². The first kappa shape index (κ1) is 10.2. The monoisotopic (exact) mass is 193 g/mol. The first-order valence-electron chi connectivity index (χ1n) is 4.12. The van der Waals surface area contributed by atoms with E-state index in [-0.39, 0.29) is 5.56 Å². The molecule has 0 aromatic heterocycles. The van der Waals surface area contributed by atoms with Crippen LogP contribution >= 0.6 is 0 Å². The first-order chi connectivity index (χ1) is 6.52. The summed E-state index contributed by atoms with van der Waals surface area (Å²) in [5.41, 5.74) is 7.07. The zero-order valence-electron chi connectivity index (χ0n) is 7.78. The minimum Gasteiger partial charge on any atom is -0.481 e. The van der Waals surface area contributed by atoms with Crippen LogP contribution < -0.4 is 5.73 Å². The number of carboxylic acids is 1. The second-order valence-corrected chi connectivity index (χ2v) is 3.03. The van der Waals surface area contributed by atoms with Gasteiger partial charge in [0.15, 0.2) is 5.78 Å². The molecule has 0 bridgehead atoms. The number of rotatable bonds is 3. The number of carbonyl (C=O) groups excluding carboxylic acids is 1. The highest BCUT2D eigenvalue weighted by molar-refractivity contribution is 6.08. The van der Waals surface area contributed by atoms with E-state index < -0.39 is 18.2 Å². The number of para-hydroxylation sites is 1. The van der Waals surface area contributed by atoms with E-state index in [4.69, 9.17) is 10.8 Å². The Balaban J connectivity index is 3.01. The molecule has 1 aromatic rings. The number of nitrogen functional groups attached to an aromatic ring is 1. The largest absolute Gasteiger partial charge is 0.481 e. The molecule has 4 heteroatoms. The van der Waals surface area contributed by atoms with Crippen molar-refractivity contribution >= 4 is 17.4 Å². The van der Waals surface area contributed by atoms with Crippen LogP contribution in [0.2, 0.25) is 0 Å². The molecule has 14 heavy (non-hydrogen) atoms. The van der Waals surface area contributed by atoms with Crippen LogP contribution in [0, 0.1) is 6.92 Å². The minimum absolute atomic E-state index is 0.285.